The minimum Gasteiger partial charge on any atom is -0.463 e. The third kappa shape index (κ3) is 5.03. The van der Waals surface area contributed by atoms with Gasteiger partial charge in [-0.2, -0.15) is 8.78 Å². The van der Waals surface area contributed by atoms with E-state index >= 15 is 0 Å². The summed E-state index contributed by atoms with van der Waals surface area (Å²) in [5.74, 6) is -0.509. The lowest BCUT2D eigenvalue weighted by Crippen LogP contribution is -2.39. The van der Waals surface area contributed by atoms with Crippen LogP contribution in [0.4, 0.5) is 8.78 Å². The summed E-state index contributed by atoms with van der Waals surface area (Å²) in [7, 11) is 0. The Morgan fingerprint density at radius 3 is 2.51 bits per heavy atom. The first-order valence-electron chi connectivity index (χ1n) is 11.3. The number of alkyl halides is 2. The number of hydrogen-bond donors (Lipinski definition) is 0. The molecule has 1 aliphatic rings. The van der Waals surface area contributed by atoms with E-state index in [0.29, 0.717) is 26.2 Å². The van der Waals surface area contributed by atoms with Crippen LogP contribution in [0.1, 0.15) is 29.0 Å². The Labute approximate surface area is 218 Å². The van der Waals surface area contributed by atoms with Crippen molar-refractivity contribution in [1.29, 1.82) is 0 Å². The number of nitrogens with zero attached hydrogens (tertiary/aromatic N) is 2. The standard InChI is InChI=1S/C27H20F2N2O4S2/c1-2-34-25(33)21-22(17-7-4-3-5-8-17)30-27-31(23(21)19-9-6-14-36-19)24(32)20(37-27)15-16-10-12-18(13-11-16)35-26(28)29/h3-15,23,26H,2H2,1H3/b20-15+/t23-/m0/s1. The molecule has 0 saturated heterocycles. The molecular weight excluding hydrogens is 518 g/mol. The van der Waals surface area contributed by atoms with E-state index in [2.05, 4.69) is 4.74 Å². The summed E-state index contributed by atoms with van der Waals surface area (Å²) in [5, 5.41) is 1.89. The maximum Gasteiger partial charge on any atom is 0.387 e. The SMILES string of the molecule is CCOC(=O)C1=C(c2ccccc2)N=c2s/c(=C/c3ccc(OC(F)F)cc3)c(=O)n2[C@H]1c1cccs1. The highest BCUT2D eigenvalue weighted by Crippen LogP contribution is 2.36. The van der Waals surface area contributed by atoms with E-state index in [4.69, 9.17) is 9.73 Å². The number of thiophene rings is 1. The molecule has 0 N–H and O–H groups in total. The Balaban J connectivity index is 1.71. The molecule has 0 saturated carbocycles. The van der Waals surface area contributed by atoms with Gasteiger partial charge in [0.15, 0.2) is 4.80 Å². The Kier molecular flexibility index (Phi) is 7.11. The Morgan fingerprint density at radius 1 is 1.11 bits per heavy atom. The fourth-order valence-electron chi connectivity index (χ4n) is 4.05. The number of esters is 1. The zero-order valence-corrected chi connectivity index (χ0v) is 21.1. The molecule has 1 aliphatic heterocycles. The predicted molar refractivity (Wildman–Crippen MR) is 138 cm³/mol. The van der Waals surface area contributed by atoms with Gasteiger partial charge in [0.05, 0.1) is 22.4 Å². The van der Waals surface area contributed by atoms with Crippen molar-refractivity contribution in [2.24, 2.45) is 4.99 Å². The number of benzene rings is 2. The zero-order chi connectivity index (χ0) is 25.9. The van der Waals surface area contributed by atoms with Gasteiger partial charge < -0.3 is 9.47 Å². The number of thiazole rings is 1. The van der Waals surface area contributed by atoms with E-state index in [9.17, 15) is 18.4 Å². The minimum atomic E-state index is -2.92. The van der Waals surface area contributed by atoms with Crippen LogP contribution in [-0.4, -0.2) is 23.8 Å². The fraction of sp³-hybridized carbons (Fsp3) is 0.148. The smallest absolute Gasteiger partial charge is 0.387 e. The number of ether oxygens (including phenoxy) is 2. The van der Waals surface area contributed by atoms with Crippen LogP contribution < -0.4 is 19.6 Å². The molecule has 2 aromatic carbocycles. The molecule has 0 unspecified atom stereocenters. The van der Waals surface area contributed by atoms with Gasteiger partial charge in [-0.25, -0.2) is 9.79 Å². The zero-order valence-electron chi connectivity index (χ0n) is 19.5. The summed E-state index contributed by atoms with van der Waals surface area (Å²) < 4.78 is 36.7. The molecule has 3 heterocycles. The Bertz CT molecular complexity index is 1620. The van der Waals surface area contributed by atoms with Gasteiger partial charge in [0.25, 0.3) is 5.56 Å². The van der Waals surface area contributed by atoms with Gasteiger partial charge in [0.2, 0.25) is 0 Å². The summed E-state index contributed by atoms with van der Waals surface area (Å²) in [5.41, 5.74) is 1.80. The van der Waals surface area contributed by atoms with Crippen LogP contribution in [-0.2, 0) is 9.53 Å². The molecule has 0 bridgehead atoms. The van der Waals surface area contributed by atoms with E-state index in [0.717, 1.165) is 10.4 Å². The quantitative estimate of drug-likeness (QED) is 0.323. The second-order valence-electron chi connectivity index (χ2n) is 7.89. The van der Waals surface area contributed by atoms with E-state index in [-0.39, 0.29) is 17.9 Å². The van der Waals surface area contributed by atoms with Crippen molar-refractivity contribution in [3.63, 3.8) is 0 Å². The molecule has 0 amide bonds. The Hall–Kier alpha value is -3.89. The van der Waals surface area contributed by atoms with Crippen LogP contribution >= 0.6 is 22.7 Å². The second-order valence-corrected chi connectivity index (χ2v) is 9.88. The molecule has 1 atom stereocenters. The van der Waals surface area contributed by atoms with E-state index < -0.39 is 18.6 Å². The molecule has 37 heavy (non-hydrogen) atoms. The summed E-state index contributed by atoms with van der Waals surface area (Å²) >= 11 is 2.63. The minimum absolute atomic E-state index is 0.0258. The van der Waals surface area contributed by atoms with E-state index in [1.54, 1.807) is 25.1 Å². The summed E-state index contributed by atoms with van der Waals surface area (Å²) in [6, 6.07) is 18.3. The highest BCUT2D eigenvalue weighted by atomic mass is 32.1. The molecule has 0 aliphatic carbocycles. The molecule has 2 aromatic heterocycles. The number of aromatic nitrogens is 1. The van der Waals surface area contributed by atoms with Crippen molar-refractivity contribution >= 4 is 40.4 Å². The number of rotatable bonds is 7. The van der Waals surface area contributed by atoms with Gasteiger partial charge in [-0.3, -0.25) is 9.36 Å². The van der Waals surface area contributed by atoms with Crippen LogP contribution in [0.15, 0.2) is 87.5 Å². The molecule has 188 valence electrons. The monoisotopic (exact) mass is 538 g/mol. The average molecular weight is 539 g/mol. The summed E-state index contributed by atoms with van der Waals surface area (Å²) in [4.78, 5) is 33.0. The number of hydrogen-bond acceptors (Lipinski definition) is 7. The summed E-state index contributed by atoms with van der Waals surface area (Å²) in [6.07, 6.45) is 1.66. The molecular formula is C27H20F2N2O4S2. The van der Waals surface area contributed by atoms with Gasteiger partial charge in [-0.1, -0.05) is 59.9 Å². The van der Waals surface area contributed by atoms with Gasteiger partial charge in [-0.15, -0.1) is 11.3 Å². The Morgan fingerprint density at radius 2 is 1.86 bits per heavy atom. The van der Waals surface area contributed by atoms with Crippen LogP contribution in [0, 0.1) is 0 Å². The van der Waals surface area contributed by atoms with E-state index in [1.165, 1.54) is 39.4 Å². The normalized spacial score (nSPS) is 15.5. The molecule has 0 radical (unpaired) electrons. The highest BCUT2D eigenvalue weighted by Gasteiger charge is 2.35. The number of carbonyl (C=O) groups is 1. The lowest BCUT2D eigenvalue weighted by atomic mass is 9.97. The third-order valence-electron chi connectivity index (χ3n) is 5.59. The van der Waals surface area contributed by atoms with Gasteiger partial charge in [0.1, 0.15) is 11.8 Å². The fourth-order valence-corrected chi connectivity index (χ4v) is 5.88. The van der Waals surface area contributed by atoms with Crippen LogP contribution in [0.2, 0.25) is 0 Å². The largest absolute Gasteiger partial charge is 0.463 e. The predicted octanol–water partition coefficient (Wildman–Crippen LogP) is 4.60. The second kappa shape index (κ2) is 10.6. The molecule has 4 aromatic rings. The number of halogens is 2. The first-order chi connectivity index (χ1) is 18.0. The lowest BCUT2D eigenvalue weighted by molar-refractivity contribution is -0.138. The van der Waals surface area contributed by atoms with Crippen molar-refractivity contribution in [2.45, 2.75) is 19.6 Å². The van der Waals surface area contributed by atoms with Gasteiger partial charge in [0, 0.05) is 10.4 Å². The molecule has 0 fully saturated rings. The molecule has 5 rings (SSSR count). The highest BCUT2D eigenvalue weighted by molar-refractivity contribution is 7.10. The lowest BCUT2D eigenvalue weighted by Gasteiger charge is -2.24. The van der Waals surface area contributed by atoms with Crippen molar-refractivity contribution < 1.29 is 23.0 Å². The first-order valence-corrected chi connectivity index (χ1v) is 13.0. The van der Waals surface area contributed by atoms with Crippen molar-refractivity contribution in [2.75, 3.05) is 6.61 Å². The van der Waals surface area contributed by atoms with Crippen molar-refractivity contribution in [1.82, 2.24) is 4.57 Å². The van der Waals surface area contributed by atoms with Gasteiger partial charge in [-0.05, 0) is 42.1 Å². The van der Waals surface area contributed by atoms with Crippen molar-refractivity contribution in [3.05, 3.63) is 113 Å². The summed E-state index contributed by atoms with van der Waals surface area (Å²) in [6.45, 7) is -1.01. The maximum absolute atomic E-state index is 13.7. The molecule has 0 spiro atoms. The van der Waals surface area contributed by atoms with Crippen LogP contribution in [0.3, 0.4) is 0 Å². The van der Waals surface area contributed by atoms with Crippen molar-refractivity contribution in [3.8, 4) is 5.75 Å². The van der Waals surface area contributed by atoms with Gasteiger partial charge >= 0.3 is 12.6 Å². The van der Waals surface area contributed by atoms with Crippen LogP contribution in [0.25, 0.3) is 11.8 Å². The number of carbonyl (C=O) groups excluding carboxylic acids is 1. The van der Waals surface area contributed by atoms with Crippen LogP contribution in [0.5, 0.6) is 5.75 Å². The number of fused-ring (bicyclic) bond motifs is 1. The maximum atomic E-state index is 13.7. The average Bonchev–Trinajstić information content (AvgIpc) is 3.53. The molecule has 6 nitrogen and oxygen atoms in total. The van der Waals surface area contributed by atoms with E-state index in [1.807, 2.05) is 47.8 Å². The topological polar surface area (TPSA) is 69.9 Å². The third-order valence-corrected chi connectivity index (χ3v) is 7.50. The first kappa shape index (κ1) is 24.8. The molecule has 10 heteroatoms.